The Balaban J connectivity index is 0.000000104. The highest BCUT2D eigenvalue weighted by atomic mass is 14.7. The first kappa shape index (κ1) is 54.6. The summed E-state index contributed by atoms with van der Waals surface area (Å²) < 4.78 is 0. The number of pyridine rings is 4. The van der Waals surface area contributed by atoms with Gasteiger partial charge in [-0.05, 0) is 187 Å². The van der Waals surface area contributed by atoms with Crippen LogP contribution >= 0.6 is 0 Å². The third-order valence-electron chi connectivity index (χ3n) is 18.6. The van der Waals surface area contributed by atoms with E-state index >= 15 is 0 Å². The maximum Gasteiger partial charge on any atom is 0.0743 e. The van der Waals surface area contributed by atoms with Gasteiger partial charge in [0.15, 0.2) is 0 Å². The highest BCUT2D eigenvalue weighted by Gasteiger charge is 2.29. The third-order valence-corrected chi connectivity index (χ3v) is 18.6. The molecule has 4 aliphatic rings. The Labute approximate surface area is 497 Å². The molecular weight excluding hydrogens is 1020 g/mol. The molecule has 416 valence electrons. The monoisotopic (exact) mass is 1090 g/mol. The van der Waals surface area contributed by atoms with E-state index in [0.29, 0.717) is 0 Å². The number of fused-ring (bicyclic) bond motifs is 20. The van der Waals surface area contributed by atoms with Crippen LogP contribution in [0.25, 0.3) is 88.1 Å². The largest absolute Gasteiger partial charge is 0.253 e. The maximum absolute atomic E-state index is 5.02. The summed E-state index contributed by atoms with van der Waals surface area (Å²) in [6.45, 7) is 17.7. The molecule has 0 unspecified atom stereocenters. The molecule has 4 heteroatoms. The molecule has 0 N–H and O–H groups in total. The zero-order chi connectivity index (χ0) is 57.6. The molecule has 0 saturated carbocycles. The lowest BCUT2D eigenvalue weighted by atomic mass is 9.94. The zero-order valence-electron chi connectivity index (χ0n) is 50.4. The van der Waals surface area contributed by atoms with Crippen molar-refractivity contribution < 1.29 is 0 Å². The highest BCUT2D eigenvalue weighted by molar-refractivity contribution is 6.04. The van der Waals surface area contributed by atoms with E-state index in [1.54, 1.807) is 0 Å². The van der Waals surface area contributed by atoms with Crippen LogP contribution in [0.5, 0.6) is 0 Å². The average Bonchev–Trinajstić information content (AvgIpc) is 2.75. The molecule has 16 rings (SSSR count). The Morgan fingerprint density at radius 1 is 0.286 bits per heavy atom. The van der Waals surface area contributed by atoms with E-state index in [1.807, 2.05) is 0 Å². The van der Waals surface area contributed by atoms with Gasteiger partial charge in [0.1, 0.15) is 0 Å². The summed E-state index contributed by atoms with van der Waals surface area (Å²) in [5.41, 5.74) is 38.2. The average molecular weight is 1090 g/mol. The quantitative estimate of drug-likeness (QED) is 0.152. The zero-order valence-corrected chi connectivity index (χ0v) is 50.4. The summed E-state index contributed by atoms with van der Waals surface area (Å²) in [6.07, 6.45) is 12.4. The lowest BCUT2D eigenvalue weighted by Crippen LogP contribution is -1.99. The van der Waals surface area contributed by atoms with Gasteiger partial charge in [-0.15, -0.1) is 0 Å². The number of aryl methyl sites for hydroxylation is 8. The van der Waals surface area contributed by atoms with Crippen molar-refractivity contribution in [2.24, 2.45) is 0 Å². The number of aromatic nitrogens is 4. The second-order valence-corrected chi connectivity index (χ2v) is 23.1. The summed E-state index contributed by atoms with van der Waals surface area (Å²) in [4.78, 5) is 19.9. The first-order valence-electron chi connectivity index (χ1n) is 31.4. The molecule has 0 amide bonds. The van der Waals surface area contributed by atoms with Crippen molar-refractivity contribution in [3.05, 3.63) is 259 Å². The van der Waals surface area contributed by atoms with Crippen LogP contribution in [-0.4, -0.2) is 19.9 Å². The van der Waals surface area contributed by atoms with Gasteiger partial charge in [0.25, 0.3) is 0 Å². The maximum atomic E-state index is 5.02. The minimum Gasteiger partial charge on any atom is -0.253 e. The topological polar surface area (TPSA) is 51.6 Å². The molecule has 4 aromatic heterocycles. The van der Waals surface area contributed by atoms with E-state index in [0.717, 1.165) is 93.6 Å². The van der Waals surface area contributed by atoms with Crippen molar-refractivity contribution in [2.75, 3.05) is 0 Å². The smallest absolute Gasteiger partial charge is 0.0743 e. The first-order valence-corrected chi connectivity index (χ1v) is 31.4. The highest BCUT2D eigenvalue weighted by Crippen LogP contribution is 2.47. The number of para-hydroxylation sites is 1. The number of hydrogen-bond donors (Lipinski definition) is 0. The van der Waals surface area contributed by atoms with Gasteiger partial charge in [0.2, 0.25) is 0 Å². The minimum absolute atomic E-state index is 1.00. The SMILES string of the molecule is CCc1ccc2c3c(c(CC)nc2c1)Cc1ccccc1-3.CCc1ccc2nc(CC)c3c(c2c1)-c1ccccc1C3.CCc1nc2c(CC)cccc2c2c1Cc1ccccc1-2.CCc1nc2cccc(CC)c2c2c1Cc1ccccc1-2. The van der Waals surface area contributed by atoms with E-state index in [4.69, 9.17) is 19.9 Å². The second-order valence-electron chi connectivity index (χ2n) is 23.1. The van der Waals surface area contributed by atoms with Gasteiger partial charge in [-0.25, -0.2) is 0 Å². The molecule has 0 atom stereocenters. The van der Waals surface area contributed by atoms with Gasteiger partial charge in [-0.2, -0.15) is 0 Å². The van der Waals surface area contributed by atoms with Crippen molar-refractivity contribution in [3.63, 3.8) is 0 Å². The van der Waals surface area contributed by atoms with Crippen molar-refractivity contribution in [2.45, 2.75) is 132 Å². The molecule has 0 aliphatic heterocycles. The number of hydrogen-bond acceptors (Lipinski definition) is 4. The van der Waals surface area contributed by atoms with Crippen molar-refractivity contribution in [3.8, 4) is 44.5 Å². The van der Waals surface area contributed by atoms with Crippen molar-refractivity contribution in [1.29, 1.82) is 0 Å². The Hall–Kier alpha value is -8.60. The number of benzene rings is 8. The van der Waals surface area contributed by atoms with Crippen molar-refractivity contribution in [1.82, 2.24) is 19.9 Å². The van der Waals surface area contributed by atoms with Gasteiger partial charge < -0.3 is 0 Å². The lowest BCUT2D eigenvalue weighted by molar-refractivity contribution is 1.01. The Morgan fingerprint density at radius 3 is 1.23 bits per heavy atom. The van der Waals surface area contributed by atoms with E-state index in [1.165, 1.54) is 161 Å². The predicted molar refractivity (Wildman–Crippen MR) is 355 cm³/mol. The Bertz CT molecular complexity index is 4470. The van der Waals surface area contributed by atoms with Gasteiger partial charge >= 0.3 is 0 Å². The first-order chi connectivity index (χ1) is 41.3. The Kier molecular flexibility index (Phi) is 15.1. The molecule has 8 aromatic carbocycles. The van der Waals surface area contributed by atoms with Gasteiger partial charge in [0.05, 0.1) is 22.1 Å². The molecule has 4 aliphatic carbocycles. The van der Waals surface area contributed by atoms with Gasteiger partial charge in [-0.1, -0.05) is 201 Å². The third kappa shape index (κ3) is 9.49. The van der Waals surface area contributed by atoms with Crippen LogP contribution in [0.4, 0.5) is 0 Å². The van der Waals surface area contributed by atoms with E-state index < -0.39 is 0 Å². The minimum atomic E-state index is 1.00. The summed E-state index contributed by atoms with van der Waals surface area (Å²) in [7, 11) is 0. The number of nitrogens with zero attached hydrogens (tertiary/aromatic N) is 4. The molecule has 0 radical (unpaired) electrons. The van der Waals surface area contributed by atoms with Crippen LogP contribution in [0.15, 0.2) is 170 Å². The van der Waals surface area contributed by atoms with Crippen LogP contribution in [0.3, 0.4) is 0 Å². The van der Waals surface area contributed by atoms with E-state index in [9.17, 15) is 0 Å². The molecular formula is C80H76N4. The standard InChI is InChI=1S/4C20H19N/c1-3-13-9-7-11-18-19(13)20-15-10-6-5-8-14(15)12-16(20)17(4-2)21-18;1-3-13-9-7-11-16-19-15-10-6-5-8-14(15)12-17(19)18(4-2)21-20(13)16;1-3-13-9-10-19-16(11-13)20-15-8-6-5-7-14(15)12-17(20)18(4-2)21-19;1-3-13-9-10-16-19(11-13)21-18(4-2)17-12-14-7-5-6-8-15(14)20(16)17/h4*5-11H,3-4,12H2,1-2H3. The summed E-state index contributed by atoms with van der Waals surface area (Å²) in [5.74, 6) is 0. The molecule has 84 heavy (non-hydrogen) atoms. The summed E-state index contributed by atoms with van der Waals surface area (Å²) in [5, 5.41) is 5.33. The number of rotatable bonds is 8. The summed E-state index contributed by atoms with van der Waals surface area (Å²) >= 11 is 0. The molecule has 0 saturated heterocycles. The fourth-order valence-corrected chi connectivity index (χ4v) is 14.3. The van der Waals surface area contributed by atoms with Crippen LogP contribution in [-0.2, 0) is 77.0 Å². The molecule has 0 bridgehead atoms. The summed E-state index contributed by atoms with van der Waals surface area (Å²) in [6, 6.07) is 61.9. The van der Waals surface area contributed by atoms with Crippen LogP contribution in [0, 0.1) is 0 Å². The predicted octanol–water partition coefficient (Wildman–Crippen LogP) is 19.7. The van der Waals surface area contributed by atoms with E-state index in [-0.39, 0.29) is 0 Å². The fourth-order valence-electron chi connectivity index (χ4n) is 14.3. The second kappa shape index (κ2) is 23.2. The molecule has 4 nitrogen and oxygen atoms in total. The molecule has 12 aromatic rings. The molecule has 4 heterocycles. The molecule has 0 spiro atoms. The fraction of sp³-hybridized carbons (Fsp3) is 0.250. The van der Waals surface area contributed by atoms with E-state index in [2.05, 4.69) is 225 Å². The van der Waals surface area contributed by atoms with Crippen LogP contribution in [0.1, 0.15) is 145 Å². The van der Waals surface area contributed by atoms with Crippen LogP contribution in [0.2, 0.25) is 0 Å². The van der Waals surface area contributed by atoms with Crippen molar-refractivity contribution >= 4 is 43.6 Å². The lowest BCUT2D eigenvalue weighted by Gasteiger charge is -2.13. The van der Waals surface area contributed by atoms with Crippen LogP contribution < -0.4 is 0 Å². The van der Waals surface area contributed by atoms with Gasteiger partial charge in [-0.3, -0.25) is 19.9 Å². The normalized spacial score (nSPS) is 12.5. The van der Waals surface area contributed by atoms with Gasteiger partial charge in [0, 0.05) is 70.0 Å². The Morgan fingerprint density at radius 2 is 0.702 bits per heavy atom. The molecule has 0 fully saturated rings.